The van der Waals surface area contributed by atoms with Crippen LogP contribution in [0.25, 0.3) is 10.9 Å². The second kappa shape index (κ2) is 12.8. The van der Waals surface area contributed by atoms with Crippen LogP contribution >= 0.6 is 0 Å². The smallest absolute Gasteiger partial charge is 0.308 e. The van der Waals surface area contributed by atoms with Crippen LogP contribution in [-0.2, 0) is 12.8 Å². The number of aryl methyl sites for hydroxylation is 1. The summed E-state index contributed by atoms with van der Waals surface area (Å²) in [5.41, 5.74) is 4.67. The summed E-state index contributed by atoms with van der Waals surface area (Å²) in [5, 5.41) is 11.9. The summed E-state index contributed by atoms with van der Waals surface area (Å²) in [6.07, 6.45) is 16.5. The van der Waals surface area contributed by atoms with Crippen molar-refractivity contribution in [3.63, 3.8) is 0 Å². The van der Waals surface area contributed by atoms with Gasteiger partial charge in [0.05, 0.1) is 23.6 Å². The Morgan fingerprint density at radius 3 is 1.98 bits per heavy atom. The van der Waals surface area contributed by atoms with Gasteiger partial charge in [-0.1, -0.05) is 18.2 Å². The van der Waals surface area contributed by atoms with Gasteiger partial charge in [0.15, 0.2) is 11.6 Å². The van der Waals surface area contributed by atoms with E-state index in [1.165, 1.54) is 24.8 Å². The molecule has 200 valence electrons. The first kappa shape index (κ1) is 26.1. The Hall–Kier alpha value is -5.52. The van der Waals surface area contributed by atoms with Crippen molar-refractivity contribution in [2.24, 2.45) is 0 Å². The minimum atomic E-state index is -0.369. The van der Waals surface area contributed by atoms with Crippen molar-refractivity contribution >= 4 is 46.0 Å². The topological polar surface area (TPSA) is 160 Å². The number of nitrogens with zero attached hydrogens (tertiary/aromatic N) is 6. The number of amides is 4. The van der Waals surface area contributed by atoms with E-state index in [1.807, 2.05) is 24.3 Å². The van der Waals surface area contributed by atoms with Crippen molar-refractivity contribution in [1.29, 1.82) is 0 Å². The van der Waals surface area contributed by atoms with Gasteiger partial charge in [0.25, 0.3) is 0 Å². The Kier molecular flexibility index (Phi) is 8.37. The molecule has 12 nitrogen and oxygen atoms in total. The minimum absolute atomic E-state index is 0.320. The predicted molar refractivity (Wildman–Crippen MR) is 152 cm³/mol. The zero-order chi connectivity index (χ0) is 27.6. The van der Waals surface area contributed by atoms with E-state index in [2.05, 4.69) is 46.2 Å². The number of aromatic nitrogens is 6. The Balaban J connectivity index is 0.000000176. The molecule has 0 radical (unpaired) electrons. The van der Waals surface area contributed by atoms with E-state index in [-0.39, 0.29) is 12.1 Å². The maximum atomic E-state index is 12.4. The van der Waals surface area contributed by atoms with Gasteiger partial charge in [-0.05, 0) is 49.4 Å². The fraction of sp³-hybridized carbons (Fsp3) is 0.143. The van der Waals surface area contributed by atoms with E-state index >= 15 is 0 Å². The standard InChI is InChI=1S/C18H17N5O.C10H9N5O/c24-18(22-16-11-19-9-10-20-16)23-17-12-5-1-3-7-14(12)21-15-8-4-2-6-13(15)17;16-10(14-8-1-3-11-4-2-8)15-9-7-12-5-6-13-9/h1,3,5,7,9-11H,2,4,6,8H2,(H2,20,21,22,23,24);1-7H,(H2,11,13,14,15,16). The van der Waals surface area contributed by atoms with Gasteiger partial charge in [-0.15, -0.1) is 0 Å². The van der Waals surface area contributed by atoms with E-state index in [0.717, 1.165) is 53.5 Å². The molecule has 0 unspecified atom stereocenters. The van der Waals surface area contributed by atoms with Gasteiger partial charge in [0.1, 0.15) is 0 Å². The second-order valence-corrected chi connectivity index (χ2v) is 8.71. The fourth-order valence-electron chi connectivity index (χ4n) is 4.22. The van der Waals surface area contributed by atoms with E-state index < -0.39 is 0 Å². The molecule has 0 saturated carbocycles. The maximum Gasteiger partial charge on any atom is 0.324 e. The Morgan fingerprint density at radius 1 is 0.650 bits per heavy atom. The highest BCUT2D eigenvalue weighted by atomic mass is 16.2. The summed E-state index contributed by atoms with van der Waals surface area (Å²) >= 11 is 0. The first-order chi connectivity index (χ1) is 19.7. The van der Waals surface area contributed by atoms with Crippen LogP contribution in [0.1, 0.15) is 24.1 Å². The van der Waals surface area contributed by atoms with Crippen LogP contribution in [0.2, 0.25) is 0 Å². The molecule has 1 aliphatic rings. The van der Waals surface area contributed by atoms with E-state index in [4.69, 9.17) is 4.98 Å². The van der Waals surface area contributed by atoms with Gasteiger partial charge in [-0.2, -0.15) is 0 Å². The number of hydrogen-bond donors (Lipinski definition) is 4. The van der Waals surface area contributed by atoms with E-state index in [0.29, 0.717) is 17.3 Å². The second-order valence-electron chi connectivity index (χ2n) is 8.71. The van der Waals surface area contributed by atoms with Crippen molar-refractivity contribution in [2.45, 2.75) is 25.7 Å². The highest BCUT2D eigenvalue weighted by Crippen LogP contribution is 2.33. The zero-order valence-corrected chi connectivity index (χ0v) is 21.4. The first-order valence-electron chi connectivity index (χ1n) is 12.6. The van der Waals surface area contributed by atoms with Crippen molar-refractivity contribution in [3.8, 4) is 0 Å². The van der Waals surface area contributed by atoms with Crippen LogP contribution in [0.3, 0.4) is 0 Å². The summed E-state index contributed by atoms with van der Waals surface area (Å²) in [6.45, 7) is 0. The number of anilines is 4. The molecule has 0 atom stereocenters. The highest BCUT2D eigenvalue weighted by molar-refractivity contribution is 6.06. The summed E-state index contributed by atoms with van der Waals surface area (Å²) in [7, 11) is 0. The van der Waals surface area contributed by atoms with E-state index in [9.17, 15) is 9.59 Å². The van der Waals surface area contributed by atoms with Crippen molar-refractivity contribution in [3.05, 3.63) is 97.2 Å². The lowest BCUT2D eigenvalue weighted by molar-refractivity contribution is 0.261. The fourth-order valence-corrected chi connectivity index (χ4v) is 4.22. The molecule has 4 heterocycles. The number of carbonyl (C=O) groups excluding carboxylic acids is 2. The highest BCUT2D eigenvalue weighted by Gasteiger charge is 2.19. The lowest BCUT2D eigenvalue weighted by Gasteiger charge is -2.21. The summed E-state index contributed by atoms with van der Waals surface area (Å²) in [5.74, 6) is 0.816. The normalized spacial score (nSPS) is 11.8. The average molecular weight is 535 g/mol. The molecule has 0 spiro atoms. The molecule has 4 N–H and O–H groups in total. The zero-order valence-electron chi connectivity index (χ0n) is 21.4. The number of carbonyl (C=O) groups is 2. The summed E-state index contributed by atoms with van der Waals surface area (Å²) in [4.78, 5) is 48.2. The summed E-state index contributed by atoms with van der Waals surface area (Å²) in [6, 6.07) is 10.6. The van der Waals surface area contributed by atoms with Crippen molar-refractivity contribution in [1.82, 2.24) is 29.9 Å². The lowest BCUT2D eigenvalue weighted by atomic mass is 9.93. The van der Waals surface area contributed by atoms with E-state index in [1.54, 1.807) is 36.9 Å². The summed E-state index contributed by atoms with van der Waals surface area (Å²) < 4.78 is 0. The molecule has 5 aromatic rings. The molecule has 12 heteroatoms. The number of pyridine rings is 2. The molecule has 6 rings (SSSR count). The molecule has 0 bridgehead atoms. The van der Waals surface area contributed by atoms with Gasteiger partial charge in [-0.3, -0.25) is 30.6 Å². The van der Waals surface area contributed by atoms with Crippen LogP contribution in [0.4, 0.5) is 32.6 Å². The van der Waals surface area contributed by atoms with Gasteiger partial charge in [-0.25, -0.2) is 19.6 Å². The average Bonchev–Trinajstić information content (AvgIpc) is 2.99. The van der Waals surface area contributed by atoms with Crippen LogP contribution in [0, 0.1) is 0 Å². The molecular formula is C28H26N10O2. The van der Waals surface area contributed by atoms with Crippen LogP contribution in [-0.4, -0.2) is 42.0 Å². The lowest BCUT2D eigenvalue weighted by Crippen LogP contribution is -2.22. The van der Waals surface area contributed by atoms with Gasteiger partial charge >= 0.3 is 12.1 Å². The molecule has 4 aromatic heterocycles. The molecule has 4 amide bonds. The monoisotopic (exact) mass is 534 g/mol. The van der Waals surface area contributed by atoms with Crippen LogP contribution in [0.5, 0.6) is 0 Å². The third kappa shape index (κ3) is 6.86. The molecular weight excluding hydrogens is 508 g/mol. The van der Waals surface area contributed by atoms with Gasteiger partial charge in [0.2, 0.25) is 0 Å². The number of fused-ring (bicyclic) bond motifs is 2. The number of urea groups is 2. The predicted octanol–water partition coefficient (Wildman–Crippen LogP) is 5.06. The van der Waals surface area contributed by atoms with Gasteiger partial charge < -0.3 is 10.6 Å². The molecule has 1 aromatic carbocycles. The number of para-hydroxylation sites is 1. The quantitative estimate of drug-likeness (QED) is 0.249. The van der Waals surface area contributed by atoms with Crippen molar-refractivity contribution < 1.29 is 9.59 Å². The minimum Gasteiger partial charge on any atom is -0.308 e. The molecule has 40 heavy (non-hydrogen) atoms. The van der Waals surface area contributed by atoms with Gasteiger partial charge in [0, 0.05) is 53.9 Å². The molecule has 0 saturated heterocycles. The number of rotatable bonds is 4. The third-order valence-electron chi connectivity index (χ3n) is 5.96. The SMILES string of the molecule is O=C(Nc1ccncc1)Nc1cnccn1.O=C(Nc1cnccn1)Nc1c2c(nc3ccccc13)CCCC2. The maximum absolute atomic E-state index is 12.4. The third-order valence-corrected chi connectivity index (χ3v) is 5.96. The Labute approximate surface area is 229 Å². The Bertz CT molecular complexity index is 1540. The first-order valence-corrected chi connectivity index (χ1v) is 12.6. The molecule has 0 fully saturated rings. The molecule has 1 aliphatic carbocycles. The molecule has 0 aliphatic heterocycles. The largest absolute Gasteiger partial charge is 0.324 e. The number of nitrogens with one attached hydrogen (secondary N) is 4. The number of benzene rings is 1. The van der Waals surface area contributed by atoms with Crippen LogP contribution in [0.15, 0.2) is 86.0 Å². The van der Waals surface area contributed by atoms with Crippen molar-refractivity contribution in [2.75, 3.05) is 21.3 Å². The Morgan fingerprint density at radius 2 is 1.30 bits per heavy atom. The van der Waals surface area contributed by atoms with Crippen LogP contribution < -0.4 is 21.3 Å². The number of hydrogen-bond acceptors (Lipinski definition) is 8.